The molecule has 0 saturated carbocycles. The van der Waals surface area contributed by atoms with Gasteiger partial charge in [0.05, 0.1) is 19.3 Å². The van der Waals surface area contributed by atoms with Gasteiger partial charge < -0.3 is 14.6 Å². The van der Waals surface area contributed by atoms with Gasteiger partial charge in [0.25, 0.3) is 11.5 Å². The van der Waals surface area contributed by atoms with Crippen LogP contribution in [0.1, 0.15) is 33.2 Å². The van der Waals surface area contributed by atoms with Crippen molar-refractivity contribution in [2.45, 2.75) is 19.6 Å². The number of likely N-dealkylation sites (N-methyl/N-ethyl adjacent to an activating group) is 1. The van der Waals surface area contributed by atoms with Crippen LogP contribution >= 0.6 is 15.9 Å². The van der Waals surface area contributed by atoms with Crippen LogP contribution in [-0.2, 0) is 11.3 Å². The molecule has 146 valence electrons. The predicted octanol–water partition coefficient (Wildman–Crippen LogP) is 2.88. The van der Waals surface area contributed by atoms with E-state index in [1.165, 1.54) is 11.0 Å². The van der Waals surface area contributed by atoms with Gasteiger partial charge in [0, 0.05) is 33.7 Å². The molecule has 1 unspecified atom stereocenters. The zero-order valence-electron chi connectivity index (χ0n) is 15.9. The molecule has 1 aliphatic rings. The summed E-state index contributed by atoms with van der Waals surface area (Å²) in [7, 11) is 7.43. The highest BCUT2D eigenvalue weighted by Crippen LogP contribution is 2.33. The fourth-order valence-electron chi connectivity index (χ4n) is 3.75. The zero-order valence-corrected chi connectivity index (χ0v) is 17.5. The molecule has 29 heavy (non-hydrogen) atoms. The van der Waals surface area contributed by atoms with E-state index in [2.05, 4.69) is 20.9 Å². The summed E-state index contributed by atoms with van der Waals surface area (Å²) in [6, 6.07) is 7.80. The lowest BCUT2D eigenvalue weighted by atomic mass is 9.92. The van der Waals surface area contributed by atoms with Crippen molar-refractivity contribution in [3.8, 4) is 0 Å². The van der Waals surface area contributed by atoms with Crippen molar-refractivity contribution in [1.29, 1.82) is 0 Å². The second-order valence-corrected chi connectivity index (χ2v) is 8.00. The molecule has 1 amide bonds. The van der Waals surface area contributed by atoms with Gasteiger partial charge in [-0.1, -0.05) is 29.2 Å². The van der Waals surface area contributed by atoms with Crippen LogP contribution < -0.4 is 11.0 Å². The van der Waals surface area contributed by atoms with Gasteiger partial charge in [0.15, 0.2) is 0 Å². The monoisotopic (exact) mass is 454 g/mol. The van der Waals surface area contributed by atoms with Crippen molar-refractivity contribution >= 4 is 45.9 Å². The number of fused-ring (bicyclic) bond motifs is 3. The first-order chi connectivity index (χ1) is 13.8. The Hall–Kier alpha value is -2.45. The Kier molecular flexibility index (Phi) is 5.08. The SMILES string of the molecule is [B]c1cc(C(=O)N(C)C2COCc3[nH]c(=O)c4cc(C)ccc4c32)cc(F)c1Br. The minimum absolute atomic E-state index is 0.127. The summed E-state index contributed by atoms with van der Waals surface area (Å²) < 4.78 is 19.8. The number of ether oxygens (including phenoxy) is 1. The highest BCUT2D eigenvalue weighted by Gasteiger charge is 2.31. The lowest BCUT2D eigenvalue weighted by Gasteiger charge is -2.34. The number of aromatic nitrogens is 1. The molecule has 2 aromatic carbocycles. The standard InChI is InChI=1S/C21H17BBrFN2O3/c1-10-3-4-12-13(5-10)20(27)25-16-8-29-9-17(18(12)16)26(2)21(28)11-6-14(22)19(23)15(24)7-11/h3-7,17H,8-9H2,1-2H3,(H,25,27). The number of H-pyrrole nitrogens is 1. The Morgan fingerprint density at radius 2 is 2.07 bits per heavy atom. The summed E-state index contributed by atoms with van der Waals surface area (Å²) in [6.45, 7) is 2.44. The van der Waals surface area contributed by atoms with Gasteiger partial charge in [-0.3, -0.25) is 9.59 Å². The third-order valence-corrected chi connectivity index (χ3v) is 6.08. The summed E-state index contributed by atoms with van der Waals surface area (Å²) in [4.78, 5) is 30.0. The highest BCUT2D eigenvalue weighted by atomic mass is 79.9. The average molecular weight is 455 g/mol. The summed E-state index contributed by atoms with van der Waals surface area (Å²) in [5.74, 6) is -0.997. The van der Waals surface area contributed by atoms with Gasteiger partial charge in [0.2, 0.25) is 0 Å². The number of carbonyl (C=O) groups excluding carboxylic acids is 1. The quantitative estimate of drug-likeness (QED) is 0.605. The van der Waals surface area contributed by atoms with Crippen LogP contribution in [0.25, 0.3) is 10.8 Å². The third-order valence-electron chi connectivity index (χ3n) is 5.25. The number of benzene rings is 2. The van der Waals surface area contributed by atoms with Crippen molar-refractivity contribution in [3.63, 3.8) is 0 Å². The minimum atomic E-state index is -0.604. The number of halogens is 2. The van der Waals surface area contributed by atoms with E-state index in [1.54, 1.807) is 7.05 Å². The number of pyridine rings is 1. The maximum Gasteiger partial charge on any atom is 0.256 e. The van der Waals surface area contributed by atoms with Crippen LogP contribution in [-0.4, -0.2) is 37.3 Å². The number of nitrogens with zero attached hydrogens (tertiary/aromatic N) is 1. The Labute approximate surface area is 176 Å². The van der Waals surface area contributed by atoms with Crippen molar-refractivity contribution in [1.82, 2.24) is 9.88 Å². The molecule has 1 atom stereocenters. The molecule has 1 aliphatic heterocycles. The van der Waals surface area contributed by atoms with E-state index in [4.69, 9.17) is 12.6 Å². The average Bonchev–Trinajstić information content (AvgIpc) is 2.70. The van der Waals surface area contributed by atoms with E-state index in [-0.39, 0.29) is 34.3 Å². The first-order valence-corrected chi connectivity index (χ1v) is 9.82. The van der Waals surface area contributed by atoms with Gasteiger partial charge in [-0.05, 0) is 40.4 Å². The molecule has 2 heterocycles. The van der Waals surface area contributed by atoms with E-state index >= 15 is 0 Å². The normalized spacial score (nSPS) is 15.9. The van der Waals surface area contributed by atoms with Crippen LogP contribution in [0.15, 0.2) is 39.6 Å². The van der Waals surface area contributed by atoms with E-state index in [1.807, 2.05) is 25.1 Å². The lowest BCUT2D eigenvalue weighted by molar-refractivity contribution is 0.0335. The Morgan fingerprint density at radius 3 is 2.79 bits per heavy atom. The molecule has 5 nitrogen and oxygen atoms in total. The first-order valence-electron chi connectivity index (χ1n) is 9.02. The second kappa shape index (κ2) is 7.42. The van der Waals surface area contributed by atoms with Gasteiger partial charge in [-0.15, -0.1) is 0 Å². The molecule has 8 heteroatoms. The van der Waals surface area contributed by atoms with E-state index in [0.29, 0.717) is 11.1 Å². The Balaban J connectivity index is 1.82. The predicted molar refractivity (Wildman–Crippen MR) is 113 cm³/mol. The number of hydrogen-bond acceptors (Lipinski definition) is 3. The zero-order chi connectivity index (χ0) is 20.9. The molecule has 3 aromatic rings. The molecular formula is C21H17BBrFN2O3. The summed E-state index contributed by atoms with van der Waals surface area (Å²) >= 11 is 3.06. The number of aromatic amines is 1. The number of hydrogen-bond donors (Lipinski definition) is 1. The van der Waals surface area contributed by atoms with Crippen LogP contribution in [0.4, 0.5) is 4.39 Å². The Bertz CT molecular complexity index is 1190. The Morgan fingerprint density at radius 1 is 1.31 bits per heavy atom. The molecule has 0 spiro atoms. The lowest BCUT2D eigenvalue weighted by Crippen LogP contribution is -2.38. The molecule has 1 N–H and O–H groups in total. The molecule has 0 saturated heterocycles. The van der Waals surface area contributed by atoms with Crippen LogP contribution in [0.5, 0.6) is 0 Å². The number of amides is 1. The number of rotatable bonds is 2. The molecule has 2 radical (unpaired) electrons. The first kappa shape index (κ1) is 19.9. The number of aryl methyl sites for hydroxylation is 1. The summed E-state index contributed by atoms with van der Waals surface area (Å²) in [6.07, 6.45) is 0. The van der Waals surface area contributed by atoms with Crippen LogP contribution in [0.3, 0.4) is 0 Å². The maximum atomic E-state index is 14.1. The third kappa shape index (κ3) is 3.40. The molecular weight excluding hydrogens is 438 g/mol. The van der Waals surface area contributed by atoms with Crippen molar-refractivity contribution in [2.75, 3.05) is 13.7 Å². The molecule has 0 bridgehead atoms. The maximum absolute atomic E-state index is 14.1. The van der Waals surface area contributed by atoms with Crippen molar-refractivity contribution < 1.29 is 13.9 Å². The highest BCUT2D eigenvalue weighted by molar-refractivity contribution is 9.10. The number of carbonyl (C=O) groups is 1. The fourth-order valence-corrected chi connectivity index (χ4v) is 3.98. The largest absolute Gasteiger partial charge is 0.373 e. The van der Waals surface area contributed by atoms with E-state index < -0.39 is 17.8 Å². The van der Waals surface area contributed by atoms with E-state index in [9.17, 15) is 14.0 Å². The molecule has 1 aromatic heterocycles. The fraction of sp³-hybridized carbons (Fsp3) is 0.238. The second-order valence-electron chi connectivity index (χ2n) is 7.20. The topological polar surface area (TPSA) is 62.4 Å². The van der Waals surface area contributed by atoms with Gasteiger partial charge in [-0.2, -0.15) is 0 Å². The smallest absolute Gasteiger partial charge is 0.256 e. The van der Waals surface area contributed by atoms with Gasteiger partial charge in [-0.25, -0.2) is 4.39 Å². The van der Waals surface area contributed by atoms with Gasteiger partial charge >= 0.3 is 0 Å². The van der Waals surface area contributed by atoms with Crippen LogP contribution in [0.2, 0.25) is 0 Å². The number of nitrogens with one attached hydrogen (secondary N) is 1. The minimum Gasteiger partial charge on any atom is -0.373 e. The van der Waals surface area contributed by atoms with Crippen molar-refractivity contribution in [3.05, 3.63) is 73.4 Å². The van der Waals surface area contributed by atoms with Gasteiger partial charge in [0.1, 0.15) is 13.7 Å². The summed E-state index contributed by atoms with van der Waals surface area (Å²) in [5.41, 5.74) is 2.55. The molecule has 4 rings (SSSR count). The van der Waals surface area contributed by atoms with Crippen molar-refractivity contribution in [2.24, 2.45) is 0 Å². The summed E-state index contributed by atoms with van der Waals surface area (Å²) in [5, 5.41) is 1.35. The van der Waals surface area contributed by atoms with Crippen LogP contribution in [0, 0.1) is 12.7 Å². The molecule has 0 aliphatic carbocycles. The molecule has 0 fully saturated rings. The van der Waals surface area contributed by atoms with E-state index in [0.717, 1.165) is 22.6 Å².